The second-order valence-electron chi connectivity index (χ2n) is 6.65. The molecule has 1 atom stereocenters. The first-order valence-corrected chi connectivity index (χ1v) is 8.54. The van der Waals surface area contributed by atoms with Crippen LogP contribution in [0, 0.1) is 5.41 Å². The van der Waals surface area contributed by atoms with Crippen molar-refractivity contribution >= 4 is 17.8 Å². The highest BCUT2D eigenvalue weighted by atomic mass is 16.5. The number of aliphatic hydroxyl groups excluding tert-OH is 1. The zero-order valence-corrected chi connectivity index (χ0v) is 15.0. The number of hydrogen-bond donors (Lipinski definition) is 3. The number of aliphatic carboxylic acids is 1. The lowest BCUT2D eigenvalue weighted by molar-refractivity contribution is -0.153. The SMILES string of the molecule is CCCCCCC(=O)OCC(C)(C)C(O)C(=O)NCCCC(=O)O. The smallest absolute Gasteiger partial charge is 0.305 e. The van der Waals surface area contributed by atoms with Crippen LogP contribution >= 0.6 is 0 Å². The molecule has 0 aromatic heterocycles. The average Bonchev–Trinajstić information content (AvgIpc) is 2.52. The standard InChI is InChI=1S/C17H31NO6/c1-4-5-6-7-10-14(21)24-12-17(2,3)15(22)16(23)18-11-8-9-13(19)20/h15,22H,4-12H2,1-3H3,(H,18,23)(H,19,20). The van der Waals surface area contributed by atoms with Crippen molar-refractivity contribution in [1.29, 1.82) is 0 Å². The molecule has 1 unspecified atom stereocenters. The van der Waals surface area contributed by atoms with Crippen LogP contribution in [0.15, 0.2) is 0 Å². The molecule has 0 aromatic rings. The summed E-state index contributed by atoms with van der Waals surface area (Å²) in [6.45, 7) is 5.49. The highest BCUT2D eigenvalue weighted by Crippen LogP contribution is 2.22. The summed E-state index contributed by atoms with van der Waals surface area (Å²) in [6, 6.07) is 0. The molecule has 0 fully saturated rings. The van der Waals surface area contributed by atoms with Crippen LogP contribution < -0.4 is 5.32 Å². The van der Waals surface area contributed by atoms with E-state index in [2.05, 4.69) is 12.2 Å². The molecule has 0 heterocycles. The maximum absolute atomic E-state index is 11.9. The molecule has 7 nitrogen and oxygen atoms in total. The number of unbranched alkanes of at least 4 members (excludes halogenated alkanes) is 3. The van der Waals surface area contributed by atoms with Crippen molar-refractivity contribution in [2.24, 2.45) is 5.41 Å². The van der Waals surface area contributed by atoms with Crippen molar-refractivity contribution < 1.29 is 29.3 Å². The Balaban J connectivity index is 4.12. The van der Waals surface area contributed by atoms with E-state index in [1.807, 2.05) is 0 Å². The highest BCUT2D eigenvalue weighted by molar-refractivity contribution is 5.81. The summed E-state index contributed by atoms with van der Waals surface area (Å²) in [4.78, 5) is 33.9. The fourth-order valence-corrected chi connectivity index (χ4v) is 2.02. The highest BCUT2D eigenvalue weighted by Gasteiger charge is 2.34. The summed E-state index contributed by atoms with van der Waals surface area (Å²) >= 11 is 0. The third-order valence-corrected chi connectivity index (χ3v) is 3.69. The van der Waals surface area contributed by atoms with Gasteiger partial charge >= 0.3 is 11.9 Å². The molecule has 0 bridgehead atoms. The molecule has 0 spiro atoms. The fraction of sp³-hybridized carbons (Fsp3) is 0.824. The molecule has 0 rings (SSSR count). The third-order valence-electron chi connectivity index (χ3n) is 3.69. The summed E-state index contributed by atoms with van der Waals surface area (Å²) < 4.78 is 5.16. The molecule has 0 radical (unpaired) electrons. The van der Waals surface area contributed by atoms with Gasteiger partial charge in [-0.25, -0.2) is 0 Å². The maximum atomic E-state index is 11.9. The number of carbonyl (C=O) groups excluding carboxylic acids is 2. The summed E-state index contributed by atoms with van der Waals surface area (Å²) in [5.41, 5.74) is -0.921. The van der Waals surface area contributed by atoms with E-state index >= 15 is 0 Å². The molecule has 0 saturated carbocycles. The Morgan fingerprint density at radius 3 is 2.33 bits per heavy atom. The molecule has 1 amide bonds. The van der Waals surface area contributed by atoms with Crippen LogP contribution in [0.1, 0.15) is 65.7 Å². The summed E-state index contributed by atoms with van der Waals surface area (Å²) in [5.74, 6) is -1.85. The van der Waals surface area contributed by atoms with Crippen LogP contribution in [-0.2, 0) is 19.1 Å². The number of esters is 1. The molecule has 0 aromatic carbocycles. The van der Waals surface area contributed by atoms with Gasteiger partial charge < -0.3 is 20.3 Å². The van der Waals surface area contributed by atoms with Crippen molar-refractivity contribution in [3.05, 3.63) is 0 Å². The minimum Gasteiger partial charge on any atom is -0.481 e. The Bertz CT molecular complexity index is 408. The zero-order chi connectivity index (χ0) is 18.6. The zero-order valence-electron chi connectivity index (χ0n) is 15.0. The lowest BCUT2D eigenvalue weighted by Crippen LogP contribution is -2.46. The number of rotatable bonds is 13. The third kappa shape index (κ3) is 10.2. The van der Waals surface area contributed by atoms with Crippen molar-refractivity contribution in [2.45, 2.75) is 71.8 Å². The lowest BCUT2D eigenvalue weighted by Gasteiger charge is -2.29. The minimum absolute atomic E-state index is 0.0462. The van der Waals surface area contributed by atoms with Crippen LogP contribution in [0.5, 0.6) is 0 Å². The quantitative estimate of drug-likeness (QED) is 0.347. The molecule has 3 N–H and O–H groups in total. The van der Waals surface area contributed by atoms with E-state index in [1.54, 1.807) is 13.8 Å². The Morgan fingerprint density at radius 2 is 1.75 bits per heavy atom. The van der Waals surface area contributed by atoms with Gasteiger partial charge in [-0.3, -0.25) is 14.4 Å². The Labute approximate surface area is 143 Å². The van der Waals surface area contributed by atoms with E-state index in [-0.39, 0.29) is 25.5 Å². The Hall–Kier alpha value is -1.63. The monoisotopic (exact) mass is 345 g/mol. The molecular weight excluding hydrogens is 314 g/mol. The number of aliphatic hydroxyl groups is 1. The van der Waals surface area contributed by atoms with E-state index in [1.165, 1.54) is 0 Å². The fourth-order valence-electron chi connectivity index (χ4n) is 2.02. The number of carbonyl (C=O) groups is 3. The predicted molar refractivity (Wildman–Crippen MR) is 89.4 cm³/mol. The first-order chi connectivity index (χ1) is 11.2. The van der Waals surface area contributed by atoms with Gasteiger partial charge in [0.2, 0.25) is 5.91 Å². The van der Waals surface area contributed by atoms with Gasteiger partial charge in [0.1, 0.15) is 6.10 Å². The lowest BCUT2D eigenvalue weighted by atomic mass is 9.87. The van der Waals surface area contributed by atoms with Crippen molar-refractivity contribution in [3.8, 4) is 0 Å². The van der Waals surface area contributed by atoms with Crippen LogP contribution in [0.4, 0.5) is 0 Å². The number of carboxylic acid groups (broad SMARTS) is 1. The van der Waals surface area contributed by atoms with Crippen LogP contribution in [-0.4, -0.2) is 47.3 Å². The molecule has 0 saturated heterocycles. The van der Waals surface area contributed by atoms with E-state index < -0.39 is 23.4 Å². The summed E-state index contributed by atoms with van der Waals surface area (Å²) in [5, 5.41) is 21.1. The molecule has 7 heteroatoms. The maximum Gasteiger partial charge on any atom is 0.305 e. The van der Waals surface area contributed by atoms with Crippen molar-refractivity contribution in [2.75, 3.05) is 13.2 Å². The van der Waals surface area contributed by atoms with Crippen molar-refractivity contribution in [1.82, 2.24) is 5.32 Å². The molecule has 140 valence electrons. The van der Waals surface area contributed by atoms with Gasteiger partial charge in [-0.1, -0.05) is 40.0 Å². The molecule has 0 aliphatic heterocycles. The van der Waals surface area contributed by atoms with Gasteiger partial charge in [0.25, 0.3) is 0 Å². The van der Waals surface area contributed by atoms with Gasteiger partial charge in [-0.2, -0.15) is 0 Å². The van der Waals surface area contributed by atoms with E-state index in [0.29, 0.717) is 12.8 Å². The van der Waals surface area contributed by atoms with Crippen molar-refractivity contribution in [3.63, 3.8) is 0 Å². The first-order valence-electron chi connectivity index (χ1n) is 8.54. The number of carboxylic acids is 1. The first kappa shape index (κ1) is 22.4. The number of amides is 1. The number of hydrogen-bond acceptors (Lipinski definition) is 5. The normalized spacial score (nSPS) is 12.5. The van der Waals surface area contributed by atoms with Crippen LogP contribution in [0.3, 0.4) is 0 Å². The van der Waals surface area contributed by atoms with Gasteiger partial charge in [0, 0.05) is 24.8 Å². The van der Waals surface area contributed by atoms with Gasteiger partial charge in [0.05, 0.1) is 6.61 Å². The van der Waals surface area contributed by atoms with E-state index in [0.717, 1.165) is 25.7 Å². The Kier molecular flexibility index (Phi) is 11.0. The largest absolute Gasteiger partial charge is 0.481 e. The second kappa shape index (κ2) is 11.8. The Morgan fingerprint density at radius 1 is 1.08 bits per heavy atom. The molecular formula is C17H31NO6. The summed E-state index contributed by atoms with van der Waals surface area (Å²) in [6.07, 6.45) is 3.19. The van der Waals surface area contributed by atoms with Crippen LogP contribution in [0.2, 0.25) is 0 Å². The molecule has 24 heavy (non-hydrogen) atoms. The van der Waals surface area contributed by atoms with Crippen LogP contribution in [0.25, 0.3) is 0 Å². The minimum atomic E-state index is -1.34. The number of ether oxygens (including phenoxy) is 1. The van der Waals surface area contributed by atoms with E-state index in [4.69, 9.17) is 9.84 Å². The average molecular weight is 345 g/mol. The second-order valence-corrected chi connectivity index (χ2v) is 6.65. The van der Waals surface area contributed by atoms with E-state index in [9.17, 15) is 19.5 Å². The predicted octanol–water partition coefficient (Wildman–Crippen LogP) is 1.87. The molecule has 0 aliphatic carbocycles. The van der Waals surface area contributed by atoms with Gasteiger partial charge in [0.15, 0.2) is 0 Å². The summed E-state index contributed by atoms with van der Waals surface area (Å²) in [7, 11) is 0. The topological polar surface area (TPSA) is 113 Å². The van der Waals surface area contributed by atoms with Gasteiger partial charge in [-0.15, -0.1) is 0 Å². The molecule has 0 aliphatic rings. The van der Waals surface area contributed by atoms with Gasteiger partial charge in [-0.05, 0) is 12.8 Å². The number of nitrogens with one attached hydrogen (secondary N) is 1.